The highest BCUT2D eigenvalue weighted by molar-refractivity contribution is 6.33. The molecule has 0 atom stereocenters. The summed E-state index contributed by atoms with van der Waals surface area (Å²) in [5, 5.41) is 5.83. The Hall–Kier alpha value is -1.59. The number of anilines is 2. The Balaban J connectivity index is 2.76. The first kappa shape index (κ1) is 15.5. The molecule has 0 radical (unpaired) electrons. The lowest BCUT2D eigenvalue weighted by Crippen LogP contribution is -2.16. The topological polar surface area (TPSA) is 84.2 Å². The van der Waals surface area contributed by atoms with Crippen LogP contribution in [0.5, 0.6) is 0 Å². The molecule has 1 aromatic rings. The third kappa shape index (κ3) is 5.28. The molecule has 0 unspecified atom stereocenters. The molecule has 0 aromatic heterocycles. The zero-order valence-corrected chi connectivity index (χ0v) is 11.6. The molecule has 5 nitrogen and oxygen atoms in total. The van der Waals surface area contributed by atoms with E-state index in [4.69, 9.17) is 17.3 Å². The minimum Gasteiger partial charge on any atom is -0.330 e. The van der Waals surface area contributed by atoms with Crippen molar-refractivity contribution in [3.63, 3.8) is 0 Å². The van der Waals surface area contributed by atoms with Crippen LogP contribution >= 0.6 is 11.6 Å². The Morgan fingerprint density at radius 1 is 1.21 bits per heavy atom. The Kier molecular flexibility index (Phi) is 6.32. The molecule has 0 spiro atoms. The average molecular weight is 284 g/mol. The number of carbonyl (C=O) groups excluding carboxylic acids is 2. The van der Waals surface area contributed by atoms with Gasteiger partial charge in [0.1, 0.15) is 0 Å². The summed E-state index contributed by atoms with van der Waals surface area (Å²) >= 11 is 5.99. The highest BCUT2D eigenvalue weighted by Crippen LogP contribution is 2.25. The van der Waals surface area contributed by atoms with Crippen LogP contribution in [-0.2, 0) is 9.59 Å². The van der Waals surface area contributed by atoms with Crippen LogP contribution < -0.4 is 16.4 Å². The predicted octanol–water partition coefficient (Wildman–Crippen LogP) is 2.37. The third-order valence-corrected chi connectivity index (χ3v) is 2.70. The van der Waals surface area contributed by atoms with Crippen molar-refractivity contribution in [1.29, 1.82) is 0 Å². The monoisotopic (exact) mass is 283 g/mol. The molecule has 4 N–H and O–H groups in total. The Morgan fingerprint density at radius 2 is 1.89 bits per heavy atom. The van der Waals surface area contributed by atoms with Gasteiger partial charge in [0.05, 0.1) is 10.7 Å². The summed E-state index contributed by atoms with van der Waals surface area (Å²) in [7, 11) is 0. The maximum atomic E-state index is 11.5. The van der Waals surface area contributed by atoms with Crippen molar-refractivity contribution in [1.82, 2.24) is 0 Å². The Morgan fingerprint density at radius 3 is 2.53 bits per heavy atom. The Labute approximate surface area is 117 Å². The van der Waals surface area contributed by atoms with E-state index in [1.54, 1.807) is 18.2 Å². The lowest BCUT2D eigenvalue weighted by molar-refractivity contribution is -0.116. The van der Waals surface area contributed by atoms with Gasteiger partial charge in [0.15, 0.2) is 0 Å². The first-order chi connectivity index (χ1) is 9.06. The number of nitrogens with two attached hydrogens (primary N) is 1. The Bertz CT molecular complexity index is 463. The van der Waals surface area contributed by atoms with Crippen molar-refractivity contribution in [3.8, 4) is 0 Å². The van der Waals surface area contributed by atoms with E-state index in [0.29, 0.717) is 29.4 Å². The van der Waals surface area contributed by atoms with Crippen molar-refractivity contribution in [3.05, 3.63) is 23.2 Å². The van der Waals surface area contributed by atoms with E-state index in [0.717, 1.165) is 6.42 Å². The summed E-state index contributed by atoms with van der Waals surface area (Å²) in [6.45, 7) is 2.21. The highest BCUT2D eigenvalue weighted by atomic mass is 35.5. The molecule has 0 fully saturated rings. The van der Waals surface area contributed by atoms with Crippen molar-refractivity contribution in [2.24, 2.45) is 5.73 Å². The summed E-state index contributed by atoms with van der Waals surface area (Å²) in [5.74, 6) is -0.273. The molecule has 0 saturated carbocycles. The number of benzene rings is 1. The van der Waals surface area contributed by atoms with Crippen molar-refractivity contribution in [2.75, 3.05) is 17.2 Å². The summed E-state index contributed by atoms with van der Waals surface area (Å²) < 4.78 is 0. The highest BCUT2D eigenvalue weighted by Gasteiger charge is 2.07. The minimum absolute atomic E-state index is 0.102. The number of rotatable bonds is 6. The molecule has 0 heterocycles. The molecule has 0 aliphatic rings. The molecule has 0 bridgehead atoms. The molecule has 0 aliphatic carbocycles. The molecule has 2 amide bonds. The van der Waals surface area contributed by atoms with Crippen LogP contribution in [0.2, 0.25) is 5.02 Å². The molecule has 1 aromatic carbocycles. The smallest absolute Gasteiger partial charge is 0.225 e. The normalized spacial score (nSPS) is 10.1. The van der Waals surface area contributed by atoms with Gasteiger partial charge in [-0.25, -0.2) is 0 Å². The number of hydrogen-bond donors (Lipinski definition) is 3. The van der Waals surface area contributed by atoms with E-state index >= 15 is 0 Å². The van der Waals surface area contributed by atoms with E-state index in [-0.39, 0.29) is 18.2 Å². The number of carbonyl (C=O) groups is 2. The van der Waals surface area contributed by atoms with Gasteiger partial charge in [0, 0.05) is 25.1 Å². The fraction of sp³-hybridized carbons (Fsp3) is 0.385. The SMILES string of the molecule is CCCC(=O)Nc1cc(NC(=O)CCN)ccc1Cl. The summed E-state index contributed by atoms with van der Waals surface area (Å²) in [4.78, 5) is 22.9. The molecule has 104 valence electrons. The van der Waals surface area contributed by atoms with E-state index in [1.165, 1.54) is 0 Å². The van der Waals surface area contributed by atoms with Gasteiger partial charge in [0.2, 0.25) is 11.8 Å². The van der Waals surface area contributed by atoms with Gasteiger partial charge in [-0.15, -0.1) is 0 Å². The fourth-order valence-electron chi connectivity index (χ4n) is 1.49. The van der Waals surface area contributed by atoms with Gasteiger partial charge in [-0.3, -0.25) is 9.59 Å². The average Bonchev–Trinajstić information content (AvgIpc) is 2.34. The van der Waals surface area contributed by atoms with Gasteiger partial charge in [-0.05, 0) is 24.6 Å². The summed E-state index contributed by atoms with van der Waals surface area (Å²) in [6, 6.07) is 4.93. The number of nitrogens with one attached hydrogen (secondary N) is 2. The van der Waals surface area contributed by atoms with E-state index in [2.05, 4.69) is 10.6 Å². The van der Waals surface area contributed by atoms with Crippen molar-refractivity contribution >= 4 is 34.8 Å². The maximum Gasteiger partial charge on any atom is 0.225 e. The van der Waals surface area contributed by atoms with E-state index in [1.807, 2.05) is 6.92 Å². The quantitative estimate of drug-likeness (QED) is 0.749. The fourth-order valence-corrected chi connectivity index (χ4v) is 1.66. The van der Waals surface area contributed by atoms with Crippen molar-refractivity contribution < 1.29 is 9.59 Å². The van der Waals surface area contributed by atoms with Crippen LogP contribution in [0.25, 0.3) is 0 Å². The van der Waals surface area contributed by atoms with Crippen LogP contribution in [-0.4, -0.2) is 18.4 Å². The molecular formula is C13H18ClN3O2. The lowest BCUT2D eigenvalue weighted by Gasteiger charge is -2.10. The second-order valence-corrected chi connectivity index (χ2v) is 4.49. The summed E-state index contributed by atoms with van der Waals surface area (Å²) in [5.41, 5.74) is 6.37. The van der Waals surface area contributed by atoms with Gasteiger partial charge in [0.25, 0.3) is 0 Å². The minimum atomic E-state index is -0.171. The van der Waals surface area contributed by atoms with Crippen LogP contribution in [0.1, 0.15) is 26.2 Å². The van der Waals surface area contributed by atoms with Crippen LogP contribution in [0.15, 0.2) is 18.2 Å². The van der Waals surface area contributed by atoms with Crippen LogP contribution in [0.4, 0.5) is 11.4 Å². The lowest BCUT2D eigenvalue weighted by atomic mass is 10.2. The first-order valence-corrected chi connectivity index (χ1v) is 6.54. The predicted molar refractivity (Wildman–Crippen MR) is 77.3 cm³/mol. The standard InChI is InChI=1S/C13H18ClN3O2/c1-2-3-12(18)17-11-8-9(4-5-10(11)14)16-13(19)6-7-15/h4-5,8H,2-3,6-7,15H2,1H3,(H,16,19)(H,17,18). The number of hydrogen-bond acceptors (Lipinski definition) is 3. The molecule has 0 saturated heterocycles. The maximum absolute atomic E-state index is 11.5. The van der Waals surface area contributed by atoms with Gasteiger partial charge >= 0.3 is 0 Å². The van der Waals surface area contributed by atoms with E-state index < -0.39 is 0 Å². The first-order valence-electron chi connectivity index (χ1n) is 6.16. The number of amides is 2. The molecule has 6 heteroatoms. The van der Waals surface area contributed by atoms with Gasteiger partial charge in [-0.1, -0.05) is 18.5 Å². The zero-order chi connectivity index (χ0) is 14.3. The molecule has 1 rings (SSSR count). The van der Waals surface area contributed by atoms with Crippen LogP contribution in [0.3, 0.4) is 0 Å². The van der Waals surface area contributed by atoms with E-state index in [9.17, 15) is 9.59 Å². The molecule has 19 heavy (non-hydrogen) atoms. The largest absolute Gasteiger partial charge is 0.330 e. The van der Waals surface area contributed by atoms with Crippen molar-refractivity contribution in [2.45, 2.75) is 26.2 Å². The van der Waals surface area contributed by atoms with Gasteiger partial charge in [-0.2, -0.15) is 0 Å². The summed E-state index contributed by atoms with van der Waals surface area (Å²) in [6.07, 6.45) is 1.44. The second kappa shape index (κ2) is 7.76. The number of halogens is 1. The third-order valence-electron chi connectivity index (χ3n) is 2.37. The van der Waals surface area contributed by atoms with Gasteiger partial charge < -0.3 is 16.4 Å². The molecule has 0 aliphatic heterocycles. The molecular weight excluding hydrogens is 266 g/mol. The second-order valence-electron chi connectivity index (χ2n) is 4.08. The van der Waals surface area contributed by atoms with Crippen LogP contribution in [0, 0.1) is 0 Å². The zero-order valence-electron chi connectivity index (χ0n) is 10.8.